The van der Waals surface area contributed by atoms with E-state index in [1.807, 2.05) is 0 Å². The van der Waals surface area contributed by atoms with Gasteiger partial charge >= 0.3 is 0 Å². The number of rotatable bonds is 7. The summed E-state index contributed by atoms with van der Waals surface area (Å²) < 4.78 is 11.3. The Kier molecular flexibility index (Phi) is 6.56. The molecule has 1 aliphatic heterocycles. The Hall–Kier alpha value is -3.13. The van der Waals surface area contributed by atoms with Crippen LogP contribution in [-0.4, -0.2) is 49.4 Å². The number of ether oxygens (including phenoxy) is 2. The van der Waals surface area contributed by atoms with E-state index in [1.165, 1.54) is 25.2 Å². The summed E-state index contributed by atoms with van der Waals surface area (Å²) in [4.78, 5) is 41.4. The minimum Gasteiger partial charge on any atom is -0.493 e. The van der Waals surface area contributed by atoms with Gasteiger partial charge in [-0.3, -0.25) is 14.4 Å². The van der Waals surface area contributed by atoms with E-state index >= 15 is 0 Å². The molecule has 0 N–H and O–H groups in total. The van der Waals surface area contributed by atoms with Crippen LogP contribution in [0.5, 0.6) is 11.5 Å². The highest BCUT2D eigenvalue weighted by atomic mass is 79.9. The quantitative estimate of drug-likeness (QED) is 0.455. The molecule has 8 heteroatoms. The van der Waals surface area contributed by atoms with Crippen LogP contribution in [-0.2, 0) is 9.59 Å². The lowest BCUT2D eigenvalue weighted by Crippen LogP contribution is -2.45. The van der Waals surface area contributed by atoms with Crippen LogP contribution in [0.15, 0.2) is 59.6 Å². The second kappa shape index (κ2) is 9.13. The molecule has 30 heavy (non-hydrogen) atoms. The van der Waals surface area contributed by atoms with Gasteiger partial charge in [-0.05, 0) is 42.5 Å². The number of imide groups is 1. The molecule has 1 aliphatic rings. The monoisotopic (exact) mass is 472 g/mol. The largest absolute Gasteiger partial charge is 0.493 e. The standard InChI is InChI=1S/C22H21BrN2O5/c1-4-11-24(21(27)14-5-10-18(29-2)19(12-14)30-3)17-13-20(26)25(22(17)28)16-8-6-15(23)7-9-16/h4-10,12,17H,1,11,13H2,2-3H3. The third-order valence-electron chi connectivity index (χ3n) is 4.80. The summed E-state index contributed by atoms with van der Waals surface area (Å²) in [5.41, 5.74) is 0.782. The van der Waals surface area contributed by atoms with Gasteiger partial charge in [0.2, 0.25) is 5.91 Å². The Labute approximate surface area is 183 Å². The van der Waals surface area contributed by atoms with Crippen molar-refractivity contribution in [3.63, 3.8) is 0 Å². The number of hydrogen-bond acceptors (Lipinski definition) is 5. The summed E-state index contributed by atoms with van der Waals surface area (Å²) in [5, 5.41) is 0. The lowest BCUT2D eigenvalue weighted by atomic mass is 10.1. The summed E-state index contributed by atoms with van der Waals surface area (Å²) in [5.74, 6) is -0.329. The number of carbonyl (C=O) groups is 3. The number of hydrogen-bond donors (Lipinski definition) is 0. The van der Waals surface area contributed by atoms with Crippen LogP contribution in [0, 0.1) is 0 Å². The molecule has 0 aliphatic carbocycles. The van der Waals surface area contributed by atoms with Crippen LogP contribution in [0.2, 0.25) is 0 Å². The third kappa shape index (κ3) is 4.09. The van der Waals surface area contributed by atoms with E-state index in [9.17, 15) is 14.4 Å². The first-order valence-corrected chi connectivity index (χ1v) is 9.96. The Morgan fingerprint density at radius 2 is 1.83 bits per heavy atom. The van der Waals surface area contributed by atoms with E-state index in [1.54, 1.807) is 42.5 Å². The Morgan fingerprint density at radius 1 is 1.17 bits per heavy atom. The number of carbonyl (C=O) groups excluding carboxylic acids is 3. The molecule has 0 radical (unpaired) electrons. The van der Waals surface area contributed by atoms with Crippen molar-refractivity contribution >= 4 is 39.3 Å². The highest BCUT2D eigenvalue weighted by molar-refractivity contribution is 9.10. The van der Waals surface area contributed by atoms with E-state index in [2.05, 4.69) is 22.5 Å². The minimum absolute atomic E-state index is 0.0955. The third-order valence-corrected chi connectivity index (χ3v) is 5.33. The van der Waals surface area contributed by atoms with Gasteiger partial charge in [0.15, 0.2) is 11.5 Å². The van der Waals surface area contributed by atoms with E-state index in [4.69, 9.17) is 9.47 Å². The van der Waals surface area contributed by atoms with Gasteiger partial charge in [0.25, 0.3) is 11.8 Å². The molecule has 2 aromatic carbocycles. The van der Waals surface area contributed by atoms with Gasteiger partial charge in [0, 0.05) is 16.6 Å². The van der Waals surface area contributed by atoms with Crippen molar-refractivity contribution in [3.8, 4) is 11.5 Å². The maximum atomic E-state index is 13.2. The second-order valence-electron chi connectivity index (χ2n) is 6.58. The highest BCUT2D eigenvalue weighted by Gasteiger charge is 2.44. The smallest absolute Gasteiger partial charge is 0.257 e. The zero-order valence-corrected chi connectivity index (χ0v) is 18.2. The molecule has 1 unspecified atom stereocenters. The van der Waals surface area contributed by atoms with Gasteiger partial charge < -0.3 is 14.4 Å². The SMILES string of the molecule is C=CCN(C(=O)c1ccc(OC)c(OC)c1)C1CC(=O)N(c2ccc(Br)cc2)C1=O. The molecule has 0 spiro atoms. The van der Waals surface area contributed by atoms with Crippen LogP contribution in [0.4, 0.5) is 5.69 Å². The maximum absolute atomic E-state index is 13.2. The molecular formula is C22H21BrN2O5. The van der Waals surface area contributed by atoms with E-state index in [0.29, 0.717) is 22.7 Å². The molecular weight excluding hydrogens is 452 g/mol. The Morgan fingerprint density at radius 3 is 2.43 bits per heavy atom. The molecule has 0 aromatic heterocycles. The number of nitrogens with zero attached hydrogens (tertiary/aromatic N) is 2. The lowest BCUT2D eigenvalue weighted by Gasteiger charge is -2.26. The van der Waals surface area contributed by atoms with E-state index in [0.717, 1.165) is 9.37 Å². The first kappa shape index (κ1) is 21.6. The Balaban J connectivity index is 1.91. The highest BCUT2D eigenvalue weighted by Crippen LogP contribution is 2.30. The topological polar surface area (TPSA) is 76.2 Å². The summed E-state index contributed by atoms with van der Waals surface area (Å²) in [6.45, 7) is 3.80. The van der Waals surface area contributed by atoms with Crippen LogP contribution in [0.3, 0.4) is 0 Å². The van der Waals surface area contributed by atoms with Crippen molar-refractivity contribution in [3.05, 3.63) is 65.2 Å². The zero-order chi connectivity index (χ0) is 21.8. The summed E-state index contributed by atoms with van der Waals surface area (Å²) >= 11 is 3.34. The van der Waals surface area contributed by atoms with Gasteiger partial charge in [0.1, 0.15) is 6.04 Å². The molecule has 2 aromatic rings. The number of methoxy groups -OCH3 is 2. The summed E-state index contributed by atoms with van der Waals surface area (Å²) in [6.07, 6.45) is 1.43. The number of anilines is 1. The van der Waals surface area contributed by atoms with Crippen molar-refractivity contribution in [2.45, 2.75) is 12.5 Å². The fourth-order valence-electron chi connectivity index (χ4n) is 3.35. The molecule has 1 fully saturated rings. The summed E-state index contributed by atoms with van der Waals surface area (Å²) in [6, 6.07) is 10.7. The minimum atomic E-state index is -0.917. The van der Waals surface area contributed by atoms with Gasteiger partial charge in [-0.2, -0.15) is 0 Å². The van der Waals surface area contributed by atoms with Gasteiger partial charge in [0.05, 0.1) is 26.3 Å². The van der Waals surface area contributed by atoms with Crippen molar-refractivity contribution in [1.29, 1.82) is 0 Å². The van der Waals surface area contributed by atoms with Crippen LogP contribution in [0.1, 0.15) is 16.8 Å². The fourth-order valence-corrected chi connectivity index (χ4v) is 3.61. The van der Waals surface area contributed by atoms with Gasteiger partial charge in [-0.1, -0.05) is 22.0 Å². The molecule has 1 atom stereocenters. The molecule has 1 saturated heterocycles. The Bertz CT molecular complexity index is 990. The number of halogens is 1. The van der Waals surface area contributed by atoms with Crippen molar-refractivity contribution < 1.29 is 23.9 Å². The molecule has 3 rings (SSSR count). The average Bonchev–Trinajstić information content (AvgIpc) is 3.05. The fraction of sp³-hybridized carbons (Fsp3) is 0.227. The van der Waals surface area contributed by atoms with Crippen molar-refractivity contribution in [2.24, 2.45) is 0 Å². The van der Waals surface area contributed by atoms with Crippen LogP contribution in [0.25, 0.3) is 0 Å². The molecule has 1 heterocycles. The predicted octanol–water partition coefficient (Wildman–Crippen LogP) is 3.43. The summed E-state index contributed by atoms with van der Waals surface area (Å²) in [7, 11) is 2.98. The molecule has 3 amide bonds. The average molecular weight is 473 g/mol. The van der Waals surface area contributed by atoms with E-state index < -0.39 is 17.9 Å². The normalized spacial score (nSPS) is 15.8. The second-order valence-corrected chi connectivity index (χ2v) is 7.50. The zero-order valence-electron chi connectivity index (χ0n) is 16.6. The molecule has 0 bridgehead atoms. The first-order chi connectivity index (χ1) is 14.4. The van der Waals surface area contributed by atoms with E-state index in [-0.39, 0.29) is 18.9 Å². The molecule has 7 nitrogen and oxygen atoms in total. The van der Waals surface area contributed by atoms with Gasteiger partial charge in [-0.15, -0.1) is 6.58 Å². The van der Waals surface area contributed by atoms with Crippen LogP contribution >= 0.6 is 15.9 Å². The molecule has 156 valence electrons. The van der Waals surface area contributed by atoms with Gasteiger partial charge in [-0.25, -0.2) is 4.90 Å². The maximum Gasteiger partial charge on any atom is 0.257 e. The molecule has 0 saturated carbocycles. The van der Waals surface area contributed by atoms with Crippen molar-refractivity contribution in [2.75, 3.05) is 25.7 Å². The number of amides is 3. The lowest BCUT2D eigenvalue weighted by molar-refractivity contribution is -0.122. The van der Waals surface area contributed by atoms with Crippen molar-refractivity contribution in [1.82, 2.24) is 4.90 Å². The first-order valence-electron chi connectivity index (χ1n) is 9.17. The number of benzene rings is 2. The van der Waals surface area contributed by atoms with Crippen LogP contribution < -0.4 is 14.4 Å². The predicted molar refractivity (Wildman–Crippen MR) is 116 cm³/mol.